The molecule has 0 radical (unpaired) electrons. The van der Waals surface area contributed by atoms with Crippen LogP contribution in [0.1, 0.15) is 51.1 Å². The first-order valence-electron chi connectivity index (χ1n) is 7.76. The van der Waals surface area contributed by atoms with Gasteiger partial charge < -0.3 is 19.9 Å². The Labute approximate surface area is 126 Å². The highest BCUT2D eigenvalue weighted by atomic mass is 16.5. The molecule has 116 valence electrons. The summed E-state index contributed by atoms with van der Waals surface area (Å²) >= 11 is 0. The van der Waals surface area contributed by atoms with Gasteiger partial charge in [0, 0.05) is 36.9 Å². The summed E-state index contributed by atoms with van der Waals surface area (Å²) in [5.41, 5.74) is 7.16. The molecule has 2 N–H and O–H groups in total. The predicted molar refractivity (Wildman–Crippen MR) is 81.8 cm³/mol. The van der Waals surface area contributed by atoms with Gasteiger partial charge in [0.25, 0.3) is 0 Å². The lowest BCUT2D eigenvalue weighted by molar-refractivity contribution is -0.151. The summed E-state index contributed by atoms with van der Waals surface area (Å²) in [5, 5.41) is 0. The summed E-state index contributed by atoms with van der Waals surface area (Å²) in [4.78, 5) is 0. The third-order valence-corrected chi connectivity index (χ3v) is 4.99. The highest BCUT2D eigenvalue weighted by Gasteiger charge is 2.47. The van der Waals surface area contributed by atoms with Crippen LogP contribution in [0.4, 0.5) is 0 Å². The number of ether oxygens (including phenoxy) is 3. The predicted octanol–water partition coefficient (Wildman–Crippen LogP) is 3.20. The summed E-state index contributed by atoms with van der Waals surface area (Å²) < 4.78 is 17.7. The largest absolute Gasteiger partial charge is 0.497 e. The van der Waals surface area contributed by atoms with Gasteiger partial charge in [-0.15, -0.1) is 0 Å². The standard InChI is InChI=1S/C17H25NO3/c1-4-16(2)11-17(7-8-20-16)10-14(18)13-6-5-12(19-3)9-15(13)21-17/h5-6,9,14H,4,7-8,10-11,18H2,1-3H3. The maximum atomic E-state index is 6.43. The van der Waals surface area contributed by atoms with E-state index in [0.717, 1.165) is 49.4 Å². The average molecular weight is 291 g/mol. The van der Waals surface area contributed by atoms with Crippen LogP contribution in [-0.4, -0.2) is 24.9 Å². The molecule has 4 heteroatoms. The molecule has 1 aromatic carbocycles. The summed E-state index contributed by atoms with van der Waals surface area (Å²) in [5.74, 6) is 1.68. The highest BCUT2D eigenvalue weighted by Crippen LogP contribution is 2.47. The normalized spacial score (nSPS) is 35.1. The fourth-order valence-electron chi connectivity index (χ4n) is 3.61. The molecule has 2 aliphatic rings. The topological polar surface area (TPSA) is 53.7 Å². The van der Waals surface area contributed by atoms with E-state index in [1.807, 2.05) is 18.2 Å². The zero-order valence-electron chi connectivity index (χ0n) is 13.1. The molecule has 1 spiro atoms. The summed E-state index contributed by atoms with van der Waals surface area (Å²) in [6.07, 6.45) is 3.62. The van der Waals surface area contributed by atoms with Gasteiger partial charge in [-0.2, -0.15) is 0 Å². The van der Waals surface area contributed by atoms with E-state index in [1.54, 1.807) is 7.11 Å². The smallest absolute Gasteiger partial charge is 0.128 e. The van der Waals surface area contributed by atoms with Gasteiger partial charge in [0.15, 0.2) is 0 Å². The molecule has 0 saturated carbocycles. The molecule has 0 bridgehead atoms. The third kappa shape index (κ3) is 2.62. The summed E-state index contributed by atoms with van der Waals surface area (Å²) in [6.45, 7) is 5.07. The Hall–Kier alpha value is -1.26. The molecule has 0 aliphatic carbocycles. The Morgan fingerprint density at radius 2 is 2.24 bits per heavy atom. The van der Waals surface area contributed by atoms with E-state index >= 15 is 0 Å². The molecule has 0 aromatic heterocycles. The van der Waals surface area contributed by atoms with Gasteiger partial charge in [0.2, 0.25) is 0 Å². The maximum absolute atomic E-state index is 6.43. The van der Waals surface area contributed by atoms with Crippen molar-refractivity contribution in [2.75, 3.05) is 13.7 Å². The van der Waals surface area contributed by atoms with Crippen LogP contribution >= 0.6 is 0 Å². The first kappa shape index (κ1) is 14.7. The quantitative estimate of drug-likeness (QED) is 0.909. The molecule has 3 unspecified atom stereocenters. The van der Waals surface area contributed by atoms with E-state index in [1.165, 1.54) is 0 Å². The van der Waals surface area contributed by atoms with E-state index < -0.39 is 0 Å². The lowest BCUT2D eigenvalue weighted by atomic mass is 9.75. The zero-order valence-corrected chi connectivity index (χ0v) is 13.1. The zero-order chi connectivity index (χ0) is 15.1. The van der Waals surface area contributed by atoms with Crippen molar-refractivity contribution in [2.24, 2.45) is 5.73 Å². The van der Waals surface area contributed by atoms with Crippen molar-refractivity contribution in [2.45, 2.75) is 56.8 Å². The Kier molecular flexibility index (Phi) is 3.62. The summed E-state index contributed by atoms with van der Waals surface area (Å²) in [7, 11) is 1.67. The first-order valence-corrected chi connectivity index (χ1v) is 7.76. The van der Waals surface area contributed by atoms with Crippen molar-refractivity contribution in [3.63, 3.8) is 0 Å². The molecule has 2 aliphatic heterocycles. The maximum Gasteiger partial charge on any atom is 0.128 e. The van der Waals surface area contributed by atoms with Crippen molar-refractivity contribution >= 4 is 0 Å². The molecular formula is C17H25NO3. The lowest BCUT2D eigenvalue weighted by Gasteiger charge is -2.49. The van der Waals surface area contributed by atoms with Gasteiger partial charge in [-0.3, -0.25) is 0 Å². The Morgan fingerprint density at radius 3 is 2.95 bits per heavy atom. The Balaban J connectivity index is 1.93. The third-order valence-electron chi connectivity index (χ3n) is 4.99. The van der Waals surface area contributed by atoms with Gasteiger partial charge in [-0.1, -0.05) is 13.0 Å². The number of hydrogen-bond donors (Lipinski definition) is 1. The fraction of sp³-hybridized carbons (Fsp3) is 0.647. The fourth-order valence-corrected chi connectivity index (χ4v) is 3.61. The lowest BCUT2D eigenvalue weighted by Crippen LogP contribution is -2.53. The SMILES string of the molecule is CCC1(C)CC2(CCO1)CC(N)c1ccc(OC)cc1O2. The molecule has 1 aromatic rings. The van der Waals surface area contributed by atoms with Crippen molar-refractivity contribution in [3.8, 4) is 11.5 Å². The Morgan fingerprint density at radius 1 is 1.43 bits per heavy atom. The van der Waals surface area contributed by atoms with E-state index in [2.05, 4.69) is 13.8 Å². The van der Waals surface area contributed by atoms with Gasteiger partial charge in [0.05, 0.1) is 19.3 Å². The second-order valence-electron chi connectivity index (χ2n) is 6.58. The van der Waals surface area contributed by atoms with Crippen LogP contribution < -0.4 is 15.2 Å². The minimum absolute atomic E-state index is 0.0128. The molecule has 0 amide bonds. The van der Waals surface area contributed by atoms with Crippen LogP contribution in [0.3, 0.4) is 0 Å². The minimum atomic E-state index is -0.207. The van der Waals surface area contributed by atoms with Gasteiger partial charge >= 0.3 is 0 Å². The van der Waals surface area contributed by atoms with E-state index in [-0.39, 0.29) is 17.2 Å². The van der Waals surface area contributed by atoms with Crippen LogP contribution in [0.5, 0.6) is 11.5 Å². The number of fused-ring (bicyclic) bond motifs is 1. The Bertz CT molecular complexity index is 533. The number of rotatable bonds is 2. The minimum Gasteiger partial charge on any atom is -0.497 e. The summed E-state index contributed by atoms with van der Waals surface area (Å²) in [6, 6.07) is 5.93. The van der Waals surface area contributed by atoms with Gasteiger partial charge in [-0.25, -0.2) is 0 Å². The number of hydrogen-bond acceptors (Lipinski definition) is 4. The number of methoxy groups -OCH3 is 1. The van der Waals surface area contributed by atoms with Crippen LogP contribution in [-0.2, 0) is 4.74 Å². The number of benzene rings is 1. The average Bonchev–Trinajstić information content (AvgIpc) is 2.46. The van der Waals surface area contributed by atoms with Crippen LogP contribution in [0.25, 0.3) is 0 Å². The second kappa shape index (κ2) is 5.18. The van der Waals surface area contributed by atoms with E-state index in [4.69, 9.17) is 19.9 Å². The van der Waals surface area contributed by atoms with E-state index in [9.17, 15) is 0 Å². The molecule has 3 atom stereocenters. The molecule has 2 heterocycles. The van der Waals surface area contributed by atoms with Crippen molar-refractivity contribution in [1.82, 2.24) is 0 Å². The van der Waals surface area contributed by atoms with Gasteiger partial charge in [0.1, 0.15) is 17.1 Å². The van der Waals surface area contributed by atoms with Crippen molar-refractivity contribution in [1.29, 1.82) is 0 Å². The second-order valence-corrected chi connectivity index (χ2v) is 6.58. The molecule has 21 heavy (non-hydrogen) atoms. The molecular weight excluding hydrogens is 266 g/mol. The van der Waals surface area contributed by atoms with Crippen molar-refractivity contribution < 1.29 is 14.2 Å². The van der Waals surface area contributed by atoms with Crippen molar-refractivity contribution in [3.05, 3.63) is 23.8 Å². The highest BCUT2D eigenvalue weighted by molar-refractivity contribution is 5.44. The number of nitrogens with two attached hydrogens (primary N) is 1. The van der Waals surface area contributed by atoms with Gasteiger partial charge in [-0.05, 0) is 19.4 Å². The van der Waals surface area contributed by atoms with Crippen LogP contribution in [0.15, 0.2) is 18.2 Å². The monoisotopic (exact) mass is 291 g/mol. The van der Waals surface area contributed by atoms with E-state index in [0.29, 0.717) is 0 Å². The van der Waals surface area contributed by atoms with Crippen LogP contribution in [0, 0.1) is 0 Å². The first-order chi connectivity index (χ1) is 9.99. The molecule has 3 rings (SSSR count). The molecule has 4 nitrogen and oxygen atoms in total. The van der Waals surface area contributed by atoms with Crippen LogP contribution in [0.2, 0.25) is 0 Å². The molecule has 1 saturated heterocycles. The molecule has 1 fully saturated rings.